The molecule has 0 aliphatic rings. The maximum absolute atomic E-state index is 10.8. The van der Waals surface area contributed by atoms with Crippen molar-refractivity contribution < 1.29 is 9.34 Å². The first-order chi connectivity index (χ1) is 9.10. The number of furan rings is 1. The summed E-state index contributed by atoms with van der Waals surface area (Å²) in [6, 6.07) is 8.95. The summed E-state index contributed by atoms with van der Waals surface area (Å²) in [5, 5.41) is 14.0. The zero-order valence-corrected chi connectivity index (χ0v) is 11.0. The van der Waals surface area contributed by atoms with Gasteiger partial charge >= 0.3 is 0 Å². The molecule has 1 N–H and O–H groups in total. The second kappa shape index (κ2) is 5.56. The molecular weight excluding hydrogens is 244 g/mol. The van der Waals surface area contributed by atoms with E-state index in [4.69, 9.17) is 4.42 Å². The lowest BCUT2D eigenvalue weighted by molar-refractivity contribution is -0.385. The molecule has 0 radical (unpaired) electrons. The molecule has 0 unspecified atom stereocenters. The molecule has 100 valence electrons. The second-order valence-corrected chi connectivity index (χ2v) is 4.33. The first-order valence-corrected chi connectivity index (χ1v) is 6.16. The van der Waals surface area contributed by atoms with E-state index in [2.05, 4.69) is 5.32 Å². The van der Waals surface area contributed by atoms with E-state index in [-0.39, 0.29) is 10.6 Å². The minimum Gasteiger partial charge on any atom is -0.464 e. The van der Waals surface area contributed by atoms with Crippen LogP contribution in [0.15, 0.2) is 34.7 Å². The molecular formula is C14H16N2O3. The van der Waals surface area contributed by atoms with E-state index in [1.54, 1.807) is 19.1 Å². The number of nitrogens with zero attached hydrogens (tertiary/aromatic N) is 1. The van der Waals surface area contributed by atoms with Crippen LogP contribution in [-0.4, -0.2) is 4.92 Å². The molecule has 0 aliphatic carbocycles. The highest BCUT2D eigenvalue weighted by molar-refractivity contribution is 5.54. The monoisotopic (exact) mass is 260 g/mol. The number of anilines is 1. The van der Waals surface area contributed by atoms with Crippen LogP contribution in [0.25, 0.3) is 0 Å². The van der Waals surface area contributed by atoms with E-state index in [0.717, 1.165) is 17.9 Å². The summed E-state index contributed by atoms with van der Waals surface area (Å²) in [5.41, 5.74) is 1.49. The second-order valence-electron chi connectivity index (χ2n) is 4.33. The van der Waals surface area contributed by atoms with Gasteiger partial charge in [0.1, 0.15) is 11.5 Å². The van der Waals surface area contributed by atoms with Crippen LogP contribution < -0.4 is 5.32 Å². The van der Waals surface area contributed by atoms with Crippen molar-refractivity contribution in [3.8, 4) is 0 Å². The van der Waals surface area contributed by atoms with Gasteiger partial charge in [0.05, 0.1) is 11.5 Å². The highest BCUT2D eigenvalue weighted by Crippen LogP contribution is 2.22. The van der Waals surface area contributed by atoms with Crippen molar-refractivity contribution in [2.45, 2.75) is 26.8 Å². The van der Waals surface area contributed by atoms with Gasteiger partial charge in [-0.2, -0.15) is 0 Å². The SMILES string of the molecule is CCc1ccc(CNc2ccc(C)c([N+](=O)[O-])c2)o1. The van der Waals surface area contributed by atoms with Crippen molar-refractivity contribution in [2.75, 3.05) is 5.32 Å². The molecule has 0 saturated heterocycles. The van der Waals surface area contributed by atoms with Gasteiger partial charge in [-0.15, -0.1) is 0 Å². The molecule has 1 aromatic heterocycles. The van der Waals surface area contributed by atoms with Gasteiger partial charge in [-0.3, -0.25) is 10.1 Å². The van der Waals surface area contributed by atoms with Crippen LogP contribution in [0.5, 0.6) is 0 Å². The van der Waals surface area contributed by atoms with Gasteiger partial charge in [0.2, 0.25) is 0 Å². The zero-order valence-electron chi connectivity index (χ0n) is 11.0. The molecule has 1 aromatic carbocycles. The van der Waals surface area contributed by atoms with Crippen molar-refractivity contribution in [1.82, 2.24) is 0 Å². The molecule has 2 aromatic rings. The first-order valence-electron chi connectivity index (χ1n) is 6.16. The summed E-state index contributed by atoms with van der Waals surface area (Å²) in [4.78, 5) is 10.5. The number of nitro groups is 1. The van der Waals surface area contributed by atoms with Crippen molar-refractivity contribution in [1.29, 1.82) is 0 Å². The number of nitro benzene ring substituents is 1. The van der Waals surface area contributed by atoms with Crippen molar-refractivity contribution in [2.24, 2.45) is 0 Å². The molecule has 19 heavy (non-hydrogen) atoms. The lowest BCUT2D eigenvalue weighted by Crippen LogP contribution is -2.00. The van der Waals surface area contributed by atoms with Gasteiger partial charge in [0.15, 0.2) is 0 Å². The topological polar surface area (TPSA) is 68.3 Å². The number of aryl methyl sites for hydroxylation is 2. The summed E-state index contributed by atoms with van der Waals surface area (Å²) in [5.74, 6) is 1.76. The molecule has 0 fully saturated rings. The molecule has 1 heterocycles. The van der Waals surface area contributed by atoms with Gasteiger partial charge in [-0.05, 0) is 25.1 Å². The van der Waals surface area contributed by atoms with E-state index < -0.39 is 0 Å². The molecule has 5 nitrogen and oxygen atoms in total. The van der Waals surface area contributed by atoms with Crippen LogP contribution in [0.4, 0.5) is 11.4 Å². The Hall–Kier alpha value is -2.30. The van der Waals surface area contributed by atoms with Crippen LogP contribution in [0.1, 0.15) is 24.0 Å². The van der Waals surface area contributed by atoms with E-state index in [9.17, 15) is 10.1 Å². The molecule has 2 rings (SSSR count). The summed E-state index contributed by atoms with van der Waals surface area (Å²) < 4.78 is 5.56. The number of rotatable bonds is 5. The summed E-state index contributed by atoms with van der Waals surface area (Å²) in [6.45, 7) is 4.27. The number of benzene rings is 1. The molecule has 0 atom stereocenters. The maximum Gasteiger partial charge on any atom is 0.274 e. The average molecular weight is 260 g/mol. The maximum atomic E-state index is 10.8. The Kier molecular flexibility index (Phi) is 3.85. The molecule has 0 saturated carbocycles. The fourth-order valence-electron chi connectivity index (χ4n) is 1.81. The first kappa shape index (κ1) is 13.1. The predicted molar refractivity (Wildman–Crippen MR) is 73.2 cm³/mol. The fourth-order valence-corrected chi connectivity index (χ4v) is 1.81. The summed E-state index contributed by atoms with van der Waals surface area (Å²) in [7, 11) is 0. The van der Waals surface area contributed by atoms with Gasteiger partial charge in [0.25, 0.3) is 5.69 Å². The minimum atomic E-state index is -0.372. The largest absolute Gasteiger partial charge is 0.464 e. The highest BCUT2D eigenvalue weighted by Gasteiger charge is 2.11. The smallest absolute Gasteiger partial charge is 0.274 e. The third-order valence-corrected chi connectivity index (χ3v) is 2.94. The fraction of sp³-hybridized carbons (Fsp3) is 0.286. The lowest BCUT2D eigenvalue weighted by Gasteiger charge is -2.05. The highest BCUT2D eigenvalue weighted by atomic mass is 16.6. The molecule has 0 aliphatic heterocycles. The molecule has 0 bridgehead atoms. The Morgan fingerprint density at radius 1 is 1.26 bits per heavy atom. The summed E-state index contributed by atoms with van der Waals surface area (Å²) >= 11 is 0. The minimum absolute atomic E-state index is 0.124. The van der Waals surface area contributed by atoms with Crippen LogP contribution in [-0.2, 0) is 13.0 Å². The number of hydrogen-bond acceptors (Lipinski definition) is 4. The van der Waals surface area contributed by atoms with Gasteiger partial charge < -0.3 is 9.73 Å². The summed E-state index contributed by atoms with van der Waals surface area (Å²) in [6.07, 6.45) is 0.857. The van der Waals surface area contributed by atoms with Crippen molar-refractivity contribution >= 4 is 11.4 Å². The van der Waals surface area contributed by atoms with Gasteiger partial charge in [0, 0.05) is 23.7 Å². The van der Waals surface area contributed by atoms with Gasteiger partial charge in [-0.25, -0.2) is 0 Å². The Morgan fingerprint density at radius 3 is 2.63 bits per heavy atom. The van der Waals surface area contributed by atoms with E-state index >= 15 is 0 Å². The van der Waals surface area contributed by atoms with Crippen LogP contribution >= 0.6 is 0 Å². The third-order valence-electron chi connectivity index (χ3n) is 2.94. The standard InChI is InChI=1S/C14H16N2O3/c1-3-12-6-7-13(19-12)9-15-11-5-4-10(2)14(8-11)16(17)18/h4-8,15H,3,9H2,1-2H3. The average Bonchev–Trinajstić information content (AvgIpc) is 2.85. The quantitative estimate of drug-likeness (QED) is 0.657. The Balaban J connectivity index is 2.07. The lowest BCUT2D eigenvalue weighted by atomic mass is 10.2. The van der Waals surface area contributed by atoms with E-state index in [1.807, 2.05) is 25.1 Å². The Labute approximate surface area is 111 Å². The van der Waals surface area contributed by atoms with E-state index in [1.165, 1.54) is 0 Å². The van der Waals surface area contributed by atoms with Crippen LogP contribution in [0.3, 0.4) is 0 Å². The van der Waals surface area contributed by atoms with Gasteiger partial charge in [-0.1, -0.05) is 13.0 Å². The Morgan fingerprint density at radius 2 is 2.00 bits per heavy atom. The predicted octanol–water partition coefficient (Wildman–Crippen LogP) is 3.67. The normalized spacial score (nSPS) is 10.4. The van der Waals surface area contributed by atoms with Crippen molar-refractivity contribution in [3.05, 3.63) is 57.5 Å². The molecule has 5 heteroatoms. The molecule has 0 spiro atoms. The Bertz CT molecular complexity index is 590. The van der Waals surface area contributed by atoms with E-state index in [0.29, 0.717) is 17.8 Å². The molecule has 0 amide bonds. The van der Waals surface area contributed by atoms with Crippen molar-refractivity contribution in [3.63, 3.8) is 0 Å². The van der Waals surface area contributed by atoms with Crippen LogP contribution in [0.2, 0.25) is 0 Å². The number of hydrogen-bond donors (Lipinski definition) is 1. The van der Waals surface area contributed by atoms with Crippen LogP contribution in [0, 0.1) is 17.0 Å². The zero-order chi connectivity index (χ0) is 13.8. The third kappa shape index (κ3) is 3.13. The number of nitrogens with one attached hydrogen (secondary N) is 1.